The molecule has 2 rings (SSSR count). The van der Waals surface area contributed by atoms with E-state index in [1.807, 2.05) is 18.2 Å². The number of hydrogen-bond donors (Lipinski definition) is 1. The van der Waals surface area contributed by atoms with Crippen LogP contribution in [0.1, 0.15) is 29.3 Å². The number of nitrogens with one attached hydrogen (secondary N) is 1. The highest BCUT2D eigenvalue weighted by molar-refractivity contribution is 5.93. The minimum atomic E-state index is -0.381. The van der Waals surface area contributed by atoms with Crippen LogP contribution in [0.4, 0.5) is 5.69 Å². The van der Waals surface area contributed by atoms with Crippen LogP contribution in [0.2, 0.25) is 0 Å². The summed E-state index contributed by atoms with van der Waals surface area (Å²) in [6, 6.07) is 12.1. The number of amides is 1. The van der Waals surface area contributed by atoms with E-state index >= 15 is 0 Å². The summed E-state index contributed by atoms with van der Waals surface area (Å²) in [6.45, 7) is 2.08. The van der Waals surface area contributed by atoms with Crippen molar-refractivity contribution in [3.8, 4) is 11.5 Å². The van der Waals surface area contributed by atoms with E-state index in [0.29, 0.717) is 35.8 Å². The molecule has 0 atom stereocenters. The zero-order valence-electron chi connectivity index (χ0n) is 15.2. The number of esters is 1. The Balaban J connectivity index is 1.96. The SMILES string of the molecule is CCOC(=O)c1ccc(NC(=O)CCc2c(OC)cccc2OC)cc1. The molecular weight excluding hydrogens is 334 g/mol. The second-order valence-electron chi connectivity index (χ2n) is 5.49. The highest BCUT2D eigenvalue weighted by Gasteiger charge is 2.12. The van der Waals surface area contributed by atoms with Gasteiger partial charge in [0.1, 0.15) is 11.5 Å². The summed E-state index contributed by atoms with van der Waals surface area (Å²) in [6.07, 6.45) is 0.760. The molecule has 1 N–H and O–H groups in total. The Morgan fingerprint density at radius 1 is 0.962 bits per heavy atom. The van der Waals surface area contributed by atoms with Crippen LogP contribution in [0.15, 0.2) is 42.5 Å². The molecule has 26 heavy (non-hydrogen) atoms. The molecule has 0 bridgehead atoms. The van der Waals surface area contributed by atoms with E-state index in [2.05, 4.69) is 5.32 Å². The van der Waals surface area contributed by atoms with Crippen molar-refractivity contribution in [3.63, 3.8) is 0 Å². The Morgan fingerprint density at radius 3 is 2.12 bits per heavy atom. The second kappa shape index (κ2) is 9.46. The predicted molar refractivity (Wildman–Crippen MR) is 98.9 cm³/mol. The fourth-order valence-corrected chi connectivity index (χ4v) is 2.54. The van der Waals surface area contributed by atoms with Crippen molar-refractivity contribution in [2.24, 2.45) is 0 Å². The fourth-order valence-electron chi connectivity index (χ4n) is 2.54. The minimum absolute atomic E-state index is 0.137. The van der Waals surface area contributed by atoms with Crippen LogP contribution in [0, 0.1) is 0 Å². The number of carbonyl (C=O) groups is 2. The summed E-state index contributed by atoms with van der Waals surface area (Å²) in [7, 11) is 3.17. The van der Waals surface area contributed by atoms with Gasteiger partial charge >= 0.3 is 5.97 Å². The number of anilines is 1. The van der Waals surface area contributed by atoms with Gasteiger partial charge in [0.05, 0.1) is 26.4 Å². The van der Waals surface area contributed by atoms with Crippen LogP contribution < -0.4 is 14.8 Å². The third kappa shape index (κ3) is 4.99. The maximum Gasteiger partial charge on any atom is 0.338 e. The van der Waals surface area contributed by atoms with E-state index in [0.717, 1.165) is 5.56 Å². The normalized spacial score (nSPS) is 10.1. The van der Waals surface area contributed by atoms with Crippen molar-refractivity contribution in [1.82, 2.24) is 0 Å². The first-order valence-electron chi connectivity index (χ1n) is 8.36. The van der Waals surface area contributed by atoms with Gasteiger partial charge in [-0.05, 0) is 49.7 Å². The number of ether oxygens (including phenoxy) is 3. The molecule has 2 aromatic carbocycles. The molecule has 0 radical (unpaired) electrons. The Labute approximate surface area is 153 Å². The van der Waals surface area contributed by atoms with Crippen molar-refractivity contribution < 1.29 is 23.8 Å². The van der Waals surface area contributed by atoms with Gasteiger partial charge in [0, 0.05) is 17.7 Å². The molecule has 0 heterocycles. The second-order valence-corrected chi connectivity index (χ2v) is 5.49. The Hall–Kier alpha value is -3.02. The number of carbonyl (C=O) groups excluding carboxylic acids is 2. The molecule has 0 aliphatic heterocycles. The van der Waals surface area contributed by atoms with Crippen LogP contribution in [0.25, 0.3) is 0 Å². The van der Waals surface area contributed by atoms with E-state index < -0.39 is 0 Å². The van der Waals surface area contributed by atoms with E-state index in [-0.39, 0.29) is 18.3 Å². The smallest absolute Gasteiger partial charge is 0.338 e. The lowest BCUT2D eigenvalue weighted by molar-refractivity contribution is -0.116. The van der Waals surface area contributed by atoms with Gasteiger partial charge in [0.15, 0.2) is 0 Å². The summed E-state index contributed by atoms with van der Waals surface area (Å²) in [5.74, 6) is 0.863. The molecule has 0 aliphatic carbocycles. The highest BCUT2D eigenvalue weighted by atomic mass is 16.5. The first-order chi connectivity index (χ1) is 12.6. The lowest BCUT2D eigenvalue weighted by atomic mass is 10.1. The fraction of sp³-hybridized carbons (Fsp3) is 0.300. The lowest BCUT2D eigenvalue weighted by Gasteiger charge is -2.13. The van der Waals surface area contributed by atoms with E-state index in [1.54, 1.807) is 45.4 Å². The quantitative estimate of drug-likeness (QED) is 0.733. The highest BCUT2D eigenvalue weighted by Crippen LogP contribution is 2.29. The number of hydrogen-bond acceptors (Lipinski definition) is 5. The number of benzene rings is 2. The summed E-state index contributed by atoms with van der Waals surface area (Å²) in [5.41, 5.74) is 1.92. The Kier molecular flexibility index (Phi) is 7.02. The molecule has 2 aromatic rings. The predicted octanol–water partition coefficient (Wildman–Crippen LogP) is 3.45. The monoisotopic (exact) mass is 357 g/mol. The molecule has 0 aliphatic rings. The summed E-state index contributed by atoms with van der Waals surface area (Å²) in [5, 5.41) is 2.81. The molecule has 138 valence electrons. The summed E-state index contributed by atoms with van der Waals surface area (Å²) < 4.78 is 15.6. The van der Waals surface area contributed by atoms with Crippen molar-refractivity contribution >= 4 is 17.6 Å². The standard InChI is InChI=1S/C20H23NO5/c1-4-26-20(23)14-8-10-15(11-9-14)21-19(22)13-12-16-17(24-2)6-5-7-18(16)25-3/h5-11H,4,12-13H2,1-3H3,(H,21,22). The van der Waals surface area contributed by atoms with Crippen LogP contribution in [-0.2, 0) is 16.0 Å². The van der Waals surface area contributed by atoms with E-state index in [9.17, 15) is 9.59 Å². The largest absolute Gasteiger partial charge is 0.496 e. The van der Waals surface area contributed by atoms with Gasteiger partial charge in [-0.2, -0.15) is 0 Å². The molecule has 0 saturated carbocycles. The average Bonchev–Trinajstić information content (AvgIpc) is 2.66. The molecule has 6 nitrogen and oxygen atoms in total. The van der Waals surface area contributed by atoms with E-state index in [1.165, 1.54) is 0 Å². The zero-order chi connectivity index (χ0) is 18.9. The molecule has 0 fully saturated rings. The molecule has 0 unspecified atom stereocenters. The molecule has 0 saturated heterocycles. The summed E-state index contributed by atoms with van der Waals surface area (Å²) >= 11 is 0. The van der Waals surface area contributed by atoms with Gasteiger partial charge in [-0.3, -0.25) is 4.79 Å². The van der Waals surface area contributed by atoms with Crippen molar-refractivity contribution in [2.75, 3.05) is 26.1 Å². The molecule has 0 spiro atoms. The average molecular weight is 357 g/mol. The Bertz CT molecular complexity index is 733. The maximum absolute atomic E-state index is 12.2. The van der Waals surface area contributed by atoms with Gasteiger partial charge in [-0.15, -0.1) is 0 Å². The van der Waals surface area contributed by atoms with Gasteiger partial charge in [0.25, 0.3) is 0 Å². The third-order valence-electron chi connectivity index (χ3n) is 3.81. The lowest BCUT2D eigenvalue weighted by Crippen LogP contribution is -2.13. The topological polar surface area (TPSA) is 73.9 Å². The maximum atomic E-state index is 12.2. The number of methoxy groups -OCH3 is 2. The molecule has 6 heteroatoms. The molecule has 1 amide bonds. The van der Waals surface area contributed by atoms with Crippen LogP contribution in [0.3, 0.4) is 0 Å². The van der Waals surface area contributed by atoms with Crippen LogP contribution in [0.5, 0.6) is 11.5 Å². The molecule has 0 aromatic heterocycles. The molecular formula is C20H23NO5. The minimum Gasteiger partial charge on any atom is -0.496 e. The van der Waals surface area contributed by atoms with Crippen LogP contribution >= 0.6 is 0 Å². The van der Waals surface area contributed by atoms with E-state index in [4.69, 9.17) is 14.2 Å². The summed E-state index contributed by atoms with van der Waals surface area (Å²) in [4.78, 5) is 23.8. The zero-order valence-corrected chi connectivity index (χ0v) is 15.2. The van der Waals surface area contributed by atoms with Crippen molar-refractivity contribution in [3.05, 3.63) is 53.6 Å². The Morgan fingerprint density at radius 2 is 1.58 bits per heavy atom. The number of rotatable bonds is 8. The first kappa shape index (κ1) is 19.3. The van der Waals surface area contributed by atoms with Gasteiger partial charge < -0.3 is 19.5 Å². The van der Waals surface area contributed by atoms with Crippen LogP contribution in [-0.4, -0.2) is 32.7 Å². The van der Waals surface area contributed by atoms with Crippen molar-refractivity contribution in [2.45, 2.75) is 19.8 Å². The van der Waals surface area contributed by atoms with Gasteiger partial charge in [-0.25, -0.2) is 4.79 Å². The van der Waals surface area contributed by atoms with Crippen molar-refractivity contribution in [1.29, 1.82) is 0 Å². The van der Waals surface area contributed by atoms with Gasteiger partial charge in [-0.1, -0.05) is 6.07 Å². The third-order valence-corrected chi connectivity index (χ3v) is 3.81. The first-order valence-corrected chi connectivity index (χ1v) is 8.36. The van der Waals surface area contributed by atoms with Gasteiger partial charge in [0.2, 0.25) is 5.91 Å².